The second-order valence-electron chi connectivity index (χ2n) is 2.95. The summed E-state index contributed by atoms with van der Waals surface area (Å²) in [6.07, 6.45) is 1.76. The zero-order valence-corrected chi connectivity index (χ0v) is 7.66. The van der Waals surface area contributed by atoms with Crippen LogP contribution in [0.4, 0.5) is 5.69 Å². The highest BCUT2D eigenvalue weighted by atomic mass is 16.6. The van der Waals surface area contributed by atoms with Crippen LogP contribution in [0, 0.1) is 10.1 Å². The van der Waals surface area contributed by atoms with Gasteiger partial charge in [-0.05, 0) is 5.56 Å². The number of nitrogens with zero attached hydrogens (tertiary/aromatic N) is 3. The van der Waals surface area contributed by atoms with Crippen molar-refractivity contribution in [1.82, 2.24) is 10.1 Å². The molecule has 6 heteroatoms. The Bertz CT molecular complexity index is 450. The number of hydrogen-bond donors (Lipinski definition) is 0. The molecule has 1 aromatic heterocycles. The van der Waals surface area contributed by atoms with Crippen molar-refractivity contribution >= 4 is 5.69 Å². The second-order valence-corrected chi connectivity index (χ2v) is 2.95. The van der Waals surface area contributed by atoms with Crippen molar-refractivity contribution in [3.05, 3.63) is 52.2 Å². The minimum atomic E-state index is -0.432. The molecule has 0 atom stereocenters. The number of rotatable bonds is 3. The van der Waals surface area contributed by atoms with Gasteiger partial charge in [0.05, 0.1) is 4.92 Å². The number of non-ortho nitro benzene ring substituents is 1. The average molecular weight is 205 g/mol. The minimum absolute atomic E-state index is 0.0758. The number of nitro benzene ring substituents is 1. The molecule has 0 aliphatic carbocycles. The predicted octanol–water partition coefficient (Wildman–Crippen LogP) is 1.57. The lowest BCUT2D eigenvalue weighted by Gasteiger charge is -1.95. The second kappa shape index (κ2) is 3.87. The number of aromatic nitrogens is 2. The molecule has 0 amide bonds. The van der Waals surface area contributed by atoms with Crippen molar-refractivity contribution in [3.8, 4) is 0 Å². The molecule has 76 valence electrons. The molecule has 1 heterocycles. The molecular weight excluding hydrogens is 198 g/mol. The van der Waals surface area contributed by atoms with Crippen LogP contribution in [0.5, 0.6) is 0 Å². The third-order valence-corrected chi connectivity index (χ3v) is 1.92. The fourth-order valence-corrected chi connectivity index (χ4v) is 1.19. The van der Waals surface area contributed by atoms with E-state index in [4.69, 9.17) is 0 Å². The normalized spacial score (nSPS) is 10.1. The van der Waals surface area contributed by atoms with Crippen LogP contribution >= 0.6 is 0 Å². The summed E-state index contributed by atoms with van der Waals surface area (Å²) in [6, 6.07) is 6.26. The van der Waals surface area contributed by atoms with Gasteiger partial charge in [-0.3, -0.25) is 10.1 Å². The quantitative estimate of drug-likeness (QED) is 0.561. The van der Waals surface area contributed by atoms with Crippen molar-refractivity contribution < 1.29 is 9.45 Å². The largest absolute Gasteiger partial charge is 0.343 e. The Morgan fingerprint density at radius 3 is 2.60 bits per heavy atom. The zero-order valence-electron chi connectivity index (χ0n) is 7.66. The van der Waals surface area contributed by atoms with Gasteiger partial charge >= 0.3 is 0 Å². The van der Waals surface area contributed by atoms with Crippen LogP contribution in [0.25, 0.3) is 0 Å². The maximum Gasteiger partial charge on any atom is 0.269 e. The highest BCUT2D eigenvalue weighted by Gasteiger charge is 2.05. The van der Waals surface area contributed by atoms with Crippen LogP contribution in [0.2, 0.25) is 0 Å². The first kappa shape index (κ1) is 9.32. The lowest BCUT2D eigenvalue weighted by molar-refractivity contribution is -0.384. The first-order valence-corrected chi connectivity index (χ1v) is 4.24. The molecule has 0 radical (unpaired) electrons. The molecule has 0 aliphatic heterocycles. The molecule has 0 spiro atoms. The molecular formula is C9H7N3O3. The summed E-state index contributed by atoms with van der Waals surface area (Å²) < 4.78 is 4.58. The number of hydrogen-bond acceptors (Lipinski definition) is 5. The van der Waals surface area contributed by atoms with Crippen molar-refractivity contribution in [1.29, 1.82) is 0 Å². The van der Waals surface area contributed by atoms with E-state index in [1.165, 1.54) is 18.5 Å². The Kier molecular flexibility index (Phi) is 2.40. The molecule has 2 aromatic rings. The molecule has 0 unspecified atom stereocenters. The van der Waals surface area contributed by atoms with Crippen LogP contribution < -0.4 is 0 Å². The fraction of sp³-hybridized carbons (Fsp3) is 0.111. The van der Waals surface area contributed by atoms with E-state index in [-0.39, 0.29) is 5.69 Å². The SMILES string of the molecule is O=[N+]([O-])c1ccc(Cc2ncon2)cc1. The Morgan fingerprint density at radius 2 is 2.07 bits per heavy atom. The molecule has 0 saturated carbocycles. The van der Waals surface area contributed by atoms with Gasteiger partial charge in [-0.1, -0.05) is 17.3 Å². The highest BCUT2D eigenvalue weighted by molar-refractivity contribution is 5.33. The summed E-state index contributed by atoms with van der Waals surface area (Å²) >= 11 is 0. The van der Waals surface area contributed by atoms with Crippen molar-refractivity contribution in [3.63, 3.8) is 0 Å². The van der Waals surface area contributed by atoms with E-state index in [0.717, 1.165) is 5.56 Å². The van der Waals surface area contributed by atoms with E-state index in [9.17, 15) is 10.1 Å². The van der Waals surface area contributed by atoms with E-state index < -0.39 is 4.92 Å². The average Bonchev–Trinajstić information content (AvgIpc) is 2.71. The Balaban J connectivity index is 2.14. The summed E-state index contributed by atoms with van der Waals surface area (Å²) in [5.41, 5.74) is 0.980. The van der Waals surface area contributed by atoms with Gasteiger partial charge in [0.2, 0.25) is 6.39 Å². The van der Waals surface area contributed by atoms with Gasteiger partial charge in [-0.2, -0.15) is 4.98 Å². The maximum atomic E-state index is 10.4. The van der Waals surface area contributed by atoms with Gasteiger partial charge < -0.3 is 4.52 Å². The Morgan fingerprint density at radius 1 is 1.33 bits per heavy atom. The maximum absolute atomic E-state index is 10.4. The molecule has 15 heavy (non-hydrogen) atoms. The van der Waals surface area contributed by atoms with Crippen molar-refractivity contribution in [2.45, 2.75) is 6.42 Å². The highest BCUT2D eigenvalue weighted by Crippen LogP contribution is 2.13. The van der Waals surface area contributed by atoms with Gasteiger partial charge in [0.25, 0.3) is 5.69 Å². The Hall–Kier alpha value is -2.24. The monoisotopic (exact) mass is 205 g/mol. The fourth-order valence-electron chi connectivity index (χ4n) is 1.19. The van der Waals surface area contributed by atoms with E-state index in [2.05, 4.69) is 14.7 Å². The molecule has 6 nitrogen and oxygen atoms in total. The first-order chi connectivity index (χ1) is 7.25. The van der Waals surface area contributed by atoms with E-state index in [1.807, 2.05) is 0 Å². The molecule has 0 aliphatic rings. The summed E-state index contributed by atoms with van der Waals surface area (Å²) in [7, 11) is 0. The third-order valence-electron chi connectivity index (χ3n) is 1.92. The van der Waals surface area contributed by atoms with Crippen LogP contribution in [0.1, 0.15) is 11.4 Å². The lowest BCUT2D eigenvalue weighted by atomic mass is 10.1. The summed E-state index contributed by atoms with van der Waals surface area (Å²) in [4.78, 5) is 13.8. The molecule has 0 saturated heterocycles. The first-order valence-electron chi connectivity index (χ1n) is 4.24. The van der Waals surface area contributed by atoms with Gasteiger partial charge in [0.1, 0.15) is 0 Å². The molecule has 2 rings (SSSR count). The summed E-state index contributed by atoms with van der Waals surface area (Å²) in [5, 5.41) is 14.0. The van der Waals surface area contributed by atoms with E-state index >= 15 is 0 Å². The standard InChI is InChI=1S/C9H7N3O3/c13-12(14)8-3-1-7(2-4-8)5-9-10-6-15-11-9/h1-4,6H,5H2. The molecule has 1 aromatic carbocycles. The van der Waals surface area contributed by atoms with Crippen LogP contribution in [-0.4, -0.2) is 15.1 Å². The smallest absolute Gasteiger partial charge is 0.269 e. The zero-order chi connectivity index (χ0) is 10.7. The van der Waals surface area contributed by atoms with Crippen molar-refractivity contribution in [2.24, 2.45) is 0 Å². The van der Waals surface area contributed by atoms with Gasteiger partial charge in [0.15, 0.2) is 5.82 Å². The molecule has 0 bridgehead atoms. The number of nitro groups is 1. The van der Waals surface area contributed by atoms with Crippen LogP contribution in [0.3, 0.4) is 0 Å². The predicted molar refractivity (Wildman–Crippen MR) is 50.2 cm³/mol. The van der Waals surface area contributed by atoms with Gasteiger partial charge in [-0.25, -0.2) is 0 Å². The third kappa shape index (κ3) is 2.16. The van der Waals surface area contributed by atoms with Gasteiger partial charge in [-0.15, -0.1) is 0 Å². The van der Waals surface area contributed by atoms with E-state index in [1.54, 1.807) is 12.1 Å². The van der Waals surface area contributed by atoms with Crippen molar-refractivity contribution in [2.75, 3.05) is 0 Å². The lowest BCUT2D eigenvalue weighted by Crippen LogP contribution is -1.92. The molecule has 0 N–H and O–H groups in total. The summed E-state index contributed by atoms with van der Waals surface area (Å²) in [6.45, 7) is 0. The topological polar surface area (TPSA) is 82.1 Å². The minimum Gasteiger partial charge on any atom is -0.343 e. The van der Waals surface area contributed by atoms with Gasteiger partial charge in [0, 0.05) is 18.6 Å². The molecule has 0 fully saturated rings. The van der Waals surface area contributed by atoms with Crippen LogP contribution in [-0.2, 0) is 6.42 Å². The number of benzene rings is 1. The van der Waals surface area contributed by atoms with E-state index in [0.29, 0.717) is 12.2 Å². The van der Waals surface area contributed by atoms with Crippen LogP contribution in [0.15, 0.2) is 35.2 Å². The Labute approximate surface area is 84.7 Å². The summed E-state index contributed by atoms with van der Waals surface area (Å²) in [5.74, 6) is 0.559.